The summed E-state index contributed by atoms with van der Waals surface area (Å²) in [5.41, 5.74) is 6.24. The summed E-state index contributed by atoms with van der Waals surface area (Å²) in [7, 11) is 0. The molecule has 2 aromatic heterocycles. The number of aryl methyl sites for hydroxylation is 1. The van der Waals surface area contributed by atoms with E-state index in [1.54, 1.807) is 6.33 Å². The van der Waals surface area contributed by atoms with Crippen LogP contribution in [0.1, 0.15) is 44.1 Å². The second kappa shape index (κ2) is 10.2. The molecule has 1 unspecified atom stereocenters. The molecule has 2 aliphatic rings. The van der Waals surface area contributed by atoms with Crippen LogP contribution in [0.2, 0.25) is 0 Å². The molecule has 0 spiro atoms. The first-order valence-electron chi connectivity index (χ1n) is 12.4. The van der Waals surface area contributed by atoms with Crippen molar-refractivity contribution < 1.29 is 20.8 Å². The third-order valence-electron chi connectivity index (χ3n) is 6.99. The van der Waals surface area contributed by atoms with Crippen LogP contribution in [0.3, 0.4) is 0 Å². The number of para-hydroxylation sites is 1. The zero-order valence-electron chi connectivity index (χ0n) is 20.5. The molecular formula is C28H32F3N5O. The Kier molecular flexibility index (Phi) is 6.86. The van der Waals surface area contributed by atoms with E-state index in [2.05, 4.69) is 56.4 Å². The van der Waals surface area contributed by atoms with Crippen LogP contribution in [0.15, 0.2) is 54.9 Å². The average Bonchev–Trinajstić information content (AvgIpc) is 3.49. The number of carbonyl (C=O) groups is 1. The molecule has 6 rings (SSSR count). The van der Waals surface area contributed by atoms with E-state index in [1.165, 1.54) is 46.4 Å². The second-order valence-electron chi connectivity index (χ2n) is 9.58. The highest BCUT2D eigenvalue weighted by Gasteiger charge is 2.30. The average molecular weight is 512 g/mol. The van der Waals surface area contributed by atoms with E-state index in [1.807, 2.05) is 0 Å². The number of halogens is 3. The van der Waals surface area contributed by atoms with Gasteiger partial charge in [-0.05, 0) is 66.5 Å². The van der Waals surface area contributed by atoms with Crippen molar-refractivity contribution in [1.29, 1.82) is 0 Å². The van der Waals surface area contributed by atoms with Gasteiger partial charge in [-0.3, -0.25) is 4.79 Å². The van der Waals surface area contributed by atoms with E-state index >= 15 is 0 Å². The van der Waals surface area contributed by atoms with E-state index in [0.29, 0.717) is 12.0 Å². The molecule has 6 nitrogen and oxygen atoms in total. The van der Waals surface area contributed by atoms with E-state index in [0.717, 1.165) is 55.3 Å². The van der Waals surface area contributed by atoms with Crippen molar-refractivity contribution in [2.24, 2.45) is 5.92 Å². The van der Waals surface area contributed by atoms with Crippen molar-refractivity contribution in [1.82, 2.24) is 20.3 Å². The molecule has 0 fully saturated rings. The van der Waals surface area contributed by atoms with Gasteiger partial charge in [-0.1, -0.05) is 37.3 Å². The molecule has 37 heavy (non-hydrogen) atoms. The van der Waals surface area contributed by atoms with Crippen LogP contribution in [-0.2, 0) is 36.8 Å². The maximum atomic E-state index is 12.2. The maximum Gasteiger partial charge on any atom is 0.416 e. The van der Waals surface area contributed by atoms with Gasteiger partial charge >= 0.3 is 6.18 Å². The predicted octanol–water partition coefficient (Wildman–Crippen LogP) is 6.22. The molecule has 1 amide bonds. The van der Waals surface area contributed by atoms with Crippen LogP contribution in [0, 0.1) is 5.92 Å². The van der Waals surface area contributed by atoms with Crippen molar-refractivity contribution in [3.05, 3.63) is 82.8 Å². The summed E-state index contributed by atoms with van der Waals surface area (Å²) in [4.78, 5) is 25.0. The number of H-pyrrole nitrogens is 1. The number of benzene rings is 2. The molecule has 4 aromatic rings. The van der Waals surface area contributed by atoms with Gasteiger partial charge in [-0.2, -0.15) is 13.2 Å². The van der Waals surface area contributed by atoms with E-state index < -0.39 is 11.7 Å². The number of aromatic amines is 1. The minimum Gasteiger partial charge on any atom is -0.355 e. The quantitative estimate of drug-likeness (QED) is 0.319. The van der Waals surface area contributed by atoms with E-state index in [-0.39, 0.29) is 9.40 Å². The van der Waals surface area contributed by atoms with Gasteiger partial charge in [0.15, 0.2) is 0 Å². The summed E-state index contributed by atoms with van der Waals surface area (Å²) in [6.07, 6.45) is 2.41. The van der Waals surface area contributed by atoms with Gasteiger partial charge < -0.3 is 15.2 Å². The molecule has 3 heterocycles. The van der Waals surface area contributed by atoms with Gasteiger partial charge in [0.1, 0.15) is 17.8 Å². The van der Waals surface area contributed by atoms with Crippen molar-refractivity contribution in [3.8, 4) is 0 Å². The summed E-state index contributed by atoms with van der Waals surface area (Å²) < 4.78 is 36.6. The number of nitrogens with one attached hydrogen (secondary N) is 2. The lowest BCUT2D eigenvalue weighted by atomic mass is 9.88. The summed E-state index contributed by atoms with van der Waals surface area (Å²) in [6, 6.07) is 13.5. The molecule has 2 N–H and O–H groups in total. The first-order chi connectivity index (χ1) is 17.8. The molecule has 9 heteroatoms. The smallest absolute Gasteiger partial charge is 0.355 e. The number of nitrogens with zero attached hydrogens (tertiary/aromatic N) is 3. The molecule has 1 aliphatic carbocycles. The highest BCUT2D eigenvalue weighted by Crippen LogP contribution is 2.40. The molecule has 0 bridgehead atoms. The van der Waals surface area contributed by atoms with Gasteiger partial charge in [0, 0.05) is 27.3 Å². The summed E-state index contributed by atoms with van der Waals surface area (Å²) in [5, 5.41) is 3.54. The van der Waals surface area contributed by atoms with Gasteiger partial charge in [-0.15, -0.1) is 0 Å². The number of rotatable bonds is 4. The van der Waals surface area contributed by atoms with Crippen molar-refractivity contribution in [2.75, 3.05) is 11.4 Å². The van der Waals surface area contributed by atoms with Gasteiger partial charge in [-0.25, -0.2) is 9.97 Å². The van der Waals surface area contributed by atoms with E-state index in [4.69, 9.17) is 0 Å². The number of hydrogen-bond donors (Lipinski definition) is 2. The van der Waals surface area contributed by atoms with Gasteiger partial charge in [0.05, 0.1) is 10.9 Å². The van der Waals surface area contributed by atoms with Crippen LogP contribution >= 0.6 is 0 Å². The Labute approximate surface area is 215 Å². The largest absolute Gasteiger partial charge is 0.416 e. The topological polar surface area (TPSA) is 73.9 Å². The zero-order valence-corrected chi connectivity index (χ0v) is 20.5. The second-order valence-corrected chi connectivity index (χ2v) is 9.58. The van der Waals surface area contributed by atoms with Gasteiger partial charge in [0.2, 0.25) is 6.41 Å². The molecule has 2 aromatic carbocycles. The number of fused-ring (bicyclic) bond motifs is 4. The lowest BCUT2D eigenvalue weighted by molar-refractivity contribution is -0.137. The molecule has 0 saturated carbocycles. The highest BCUT2D eigenvalue weighted by atomic mass is 19.4. The molecule has 196 valence electrons. The monoisotopic (exact) mass is 511 g/mol. The third-order valence-corrected chi connectivity index (χ3v) is 6.99. The maximum absolute atomic E-state index is 12.2. The number of anilines is 2. The first kappa shape index (κ1) is 24.8. The molecule has 1 atom stereocenters. The van der Waals surface area contributed by atoms with E-state index in [9.17, 15) is 18.0 Å². The Balaban J connectivity index is 0.000000230. The lowest BCUT2D eigenvalue weighted by Gasteiger charge is -2.22. The minimum atomic E-state index is -4.34. The Hall–Kier alpha value is -3.88. The van der Waals surface area contributed by atoms with Crippen molar-refractivity contribution >= 4 is 28.9 Å². The molecule has 0 saturated heterocycles. The number of alkyl halides is 3. The van der Waals surface area contributed by atoms with Crippen molar-refractivity contribution in [2.45, 2.75) is 45.3 Å². The fourth-order valence-electron chi connectivity index (χ4n) is 5.18. The molecule has 1 aliphatic heterocycles. The Morgan fingerprint density at radius 2 is 2.00 bits per heavy atom. The predicted molar refractivity (Wildman–Crippen MR) is 141 cm³/mol. The van der Waals surface area contributed by atoms with Crippen LogP contribution < -0.4 is 10.2 Å². The standard InChI is InChI=1S/C19H20N4.C9H8F3NO.2H2/c1-12-6-7-15-14(10-12)17-18(22-15)20-11-21-19(17)23-9-8-13-4-2-3-5-16(13)23;10-9(11,12)8-3-1-2-7(4-8)5-13-6-14;;/h2-5,11-12H,6-10H2,1H3,(H,20,21,22);1-4,6H,5H2,(H,13,14);2*1H. The zero-order chi connectivity index (χ0) is 26.0. The number of amides is 1. The lowest BCUT2D eigenvalue weighted by Crippen LogP contribution is -2.16. The first-order valence-corrected chi connectivity index (χ1v) is 12.4. The fourth-order valence-corrected chi connectivity index (χ4v) is 5.18. The van der Waals surface area contributed by atoms with Crippen LogP contribution in [0.5, 0.6) is 0 Å². The number of hydrogen-bond acceptors (Lipinski definition) is 4. The minimum absolute atomic E-state index is 0. The Morgan fingerprint density at radius 3 is 2.81 bits per heavy atom. The van der Waals surface area contributed by atoms with Crippen LogP contribution in [0.25, 0.3) is 11.0 Å². The van der Waals surface area contributed by atoms with Gasteiger partial charge in [0.25, 0.3) is 0 Å². The summed E-state index contributed by atoms with van der Waals surface area (Å²) >= 11 is 0. The summed E-state index contributed by atoms with van der Waals surface area (Å²) in [6.45, 7) is 3.45. The number of carbonyl (C=O) groups excluding carboxylic acids is 1. The molecule has 0 radical (unpaired) electrons. The fraction of sp³-hybridized carbons (Fsp3) is 0.321. The normalized spacial score (nSPS) is 16.5. The van der Waals surface area contributed by atoms with Crippen LogP contribution in [-0.4, -0.2) is 27.9 Å². The summed E-state index contributed by atoms with van der Waals surface area (Å²) in [5.74, 6) is 1.81. The SMILES string of the molecule is CC1CCc2[nH]c3ncnc(N4CCc5ccccc54)c3c2C1.O=CNCc1cccc(C(F)(F)F)c1.[HH].[HH]. The molecular weight excluding hydrogens is 479 g/mol. The third kappa shape index (κ3) is 5.16. The highest BCUT2D eigenvalue weighted by molar-refractivity contribution is 5.94. The Bertz CT molecular complexity index is 1430. The Morgan fingerprint density at radius 1 is 1.16 bits per heavy atom. The number of aromatic nitrogens is 3. The van der Waals surface area contributed by atoms with Crippen molar-refractivity contribution in [3.63, 3.8) is 0 Å². The van der Waals surface area contributed by atoms with Crippen LogP contribution in [0.4, 0.5) is 24.7 Å².